The van der Waals surface area contributed by atoms with Crippen molar-refractivity contribution in [3.8, 4) is 0 Å². The zero-order chi connectivity index (χ0) is 23.4. The molecule has 0 bridgehead atoms. The fraction of sp³-hybridized carbons (Fsp3) is 0.391. The summed E-state index contributed by atoms with van der Waals surface area (Å²) in [7, 11) is 0. The maximum atomic E-state index is 12.7. The molecule has 1 aliphatic rings. The molecule has 0 unspecified atom stereocenters. The van der Waals surface area contributed by atoms with E-state index in [-0.39, 0.29) is 17.2 Å². The number of anilines is 2. The maximum Gasteiger partial charge on any atom is 0.273 e. The molecular weight excluding hydrogens is 432 g/mol. The number of hydrogen-bond acceptors (Lipinski definition) is 5. The second kappa shape index (κ2) is 9.99. The van der Waals surface area contributed by atoms with Gasteiger partial charge < -0.3 is 15.1 Å². The first-order chi connectivity index (χ1) is 15.2. The zero-order valence-corrected chi connectivity index (χ0v) is 19.2. The van der Waals surface area contributed by atoms with Gasteiger partial charge in [-0.15, -0.1) is 0 Å². The van der Waals surface area contributed by atoms with Gasteiger partial charge in [-0.05, 0) is 37.1 Å². The topological polar surface area (TPSA) is 95.8 Å². The Morgan fingerprint density at radius 2 is 1.84 bits per heavy atom. The standard InChI is InChI=1S/C23H27ClN4O4/c1-15(2)13-22(29)27-11-9-26(10-12-27)21-8-7-17(14-19(21)24)25-23(30)18-5-4-6-20(16(18)3)28(31)32/h4-8,14-15H,9-13H2,1-3H3,(H,25,30). The molecule has 1 saturated heterocycles. The van der Waals surface area contributed by atoms with Crippen LogP contribution < -0.4 is 10.2 Å². The lowest BCUT2D eigenvalue weighted by atomic mass is 10.1. The molecule has 2 aromatic rings. The number of rotatable bonds is 6. The number of halogens is 1. The van der Waals surface area contributed by atoms with Crippen LogP contribution >= 0.6 is 11.6 Å². The molecule has 170 valence electrons. The quantitative estimate of drug-likeness (QED) is 0.507. The molecule has 8 nitrogen and oxygen atoms in total. The van der Waals surface area contributed by atoms with Crippen LogP contribution in [0, 0.1) is 23.0 Å². The van der Waals surface area contributed by atoms with Crippen molar-refractivity contribution in [3.05, 3.63) is 62.7 Å². The highest BCUT2D eigenvalue weighted by Gasteiger charge is 2.23. The van der Waals surface area contributed by atoms with Crippen LogP contribution in [0.15, 0.2) is 36.4 Å². The van der Waals surface area contributed by atoms with Crippen molar-refractivity contribution < 1.29 is 14.5 Å². The van der Waals surface area contributed by atoms with Crippen molar-refractivity contribution in [3.63, 3.8) is 0 Å². The summed E-state index contributed by atoms with van der Waals surface area (Å²) in [5.41, 5.74) is 1.79. The minimum absolute atomic E-state index is 0.1000. The molecule has 9 heteroatoms. The molecule has 0 aliphatic carbocycles. The number of hydrogen-bond donors (Lipinski definition) is 1. The third-order valence-electron chi connectivity index (χ3n) is 5.51. The highest BCUT2D eigenvalue weighted by Crippen LogP contribution is 2.30. The van der Waals surface area contributed by atoms with Gasteiger partial charge in [0, 0.05) is 55.5 Å². The smallest absolute Gasteiger partial charge is 0.273 e. The fourth-order valence-corrected chi connectivity index (χ4v) is 4.08. The molecule has 1 fully saturated rings. The van der Waals surface area contributed by atoms with E-state index in [1.54, 1.807) is 25.1 Å². The van der Waals surface area contributed by atoms with Crippen LogP contribution in [0.25, 0.3) is 0 Å². The Hall–Kier alpha value is -3.13. The van der Waals surface area contributed by atoms with Crippen molar-refractivity contribution in [2.75, 3.05) is 36.4 Å². The van der Waals surface area contributed by atoms with E-state index in [9.17, 15) is 19.7 Å². The lowest BCUT2D eigenvalue weighted by Crippen LogP contribution is -2.49. The monoisotopic (exact) mass is 458 g/mol. The van der Waals surface area contributed by atoms with E-state index < -0.39 is 10.8 Å². The number of benzene rings is 2. The number of nitro benzene ring substituents is 1. The van der Waals surface area contributed by atoms with Crippen LogP contribution in [0.3, 0.4) is 0 Å². The summed E-state index contributed by atoms with van der Waals surface area (Å²) in [6, 6.07) is 9.66. The predicted molar refractivity (Wildman–Crippen MR) is 125 cm³/mol. The molecule has 1 aliphatic heterocycles. The summed E-state index contributed by atoms with van der Waals surface area (Å²) in [5.74, 6) is 0.0797. The summed E-state index contributed by atoms with van der Waals surface area (Å²) in [6.45, 7) is 8.28. The summed E-state index contributed by atoms with van der Waals surface area (Å²) in [6.07, 6.45) is 0.555. The highest BCUT2D eigenvalue weighted by atomic mass is 35.5. The van der Waals surface area contributed by atoms with Crippen molar-refractivity contribution in [1.29, 1.82) is 0 Å². The number of nitrogens with zero attached hydrogens (tertiary/aromatic N) is 3. The van der Waals surface area contributed by atoms with E-state index in [0.717, 1.165) is 5.69 Å². The van der Waals surface area contributed by atoms with Gasteiger partial charge >= 0.3 is 0 Å². The van der Waals surface area contributed by atoms with Crippen molar-refractivity contribution in [2.24, 2.45) is 5.92 Å². The van der Waals surface area contributed by atoms with E-state index in [0.29, 0.717) is 54.8 Å². The van der Waals surface area contributed by atoms with Gasteiger partial charge in [0.2, 0.25) is 5.91 Å². The molecule has 0 atom stereocenters. The number of carbonyl (C=O) groups is 2. The summed E-state index contributed by atoms with van der Waals surface area (Å²) in [4.78, 5) is 39.6. The van der Waals surface area contributed by atoms with Crippen LogP contribution in [0.5, 0.6) is 0 Å². The number of piperazine rings is 1. The summed E-state index contributed by atoms with van der Waals surface area (Å²) >= 11 is 6.50. The minimum atomic E-state index is -0.506. The Balaban J connectivity index is 1.66. The van der Waals surface area contributed by atoms with Gasteiger partial charge in [-0.25, -0.2) is 0 Å². The Morgan fingerprint density at radius 1 is 1.16 bits per heavy atom. The minimum Gasteiger partial charge on any atom is -0.367 e. The van der Waals surface area contributed by atoms with Crippen LogP contribution in [0.4, 0.5) is 17.1 Å². The lowest BCUT2D eigenvalue weighted by Gasteiger charge is -2.36. The van der Waals surface area contributed by atoms with E-state index in [1.165, 1.54) is 12.1 Å². The number of nitro groups is 1. The van der Waals surface area contributed by atoms with Gasteiger partial charge in [-0.3, -0.25) is 19.7 Å². The highest BCUT2D eigenvalue weighted by molar-refractivity contribution is 6.33. The molecule has 2 aromatic carbocycles. The molecule has 1 N–H and O–H groups in total. The molecule has 0 spiro atoms. The number of nitrogens with one attached hydrogen (secondary N) is 1. The second-order valence-electron chi connectivity index (χ2n) is 8.29. The van der Waals surface area contributed by atoms with E-state index in [4.69, 9.17) is 11.6 Å². The molecule has 0 aromatic heterocycles. The normalized spacial score (nSPS) is 13.9. The zero-order valence-electron chi connectivity index (χ0n) is 18.4. The van der Waals surface area contributed by atoms with Crippen molar-refractivity contribution in [2.45, 2.75) is 27.2 Å². The van der Waals surface area contributed by atoms with E-state index in [2.05, 4.69) is 10.2 Å². The third-order valence-corrected chi connectivity index (χ3v) is 5.81. The first-order valence-electron chi connectivity index (χ1n) is 10.5. The molecule has 0 radical (unpaired) electrons. The first-order valence-corrected chi connectivity index (χ1v) is 10.9. The third kappa shape index (κ3) is 5.37. The molecule has 3 rings (SSSR count). The molecule has 32 heavy (non-hydrogen) atoms. The lowest BCUT2D eigenvalue weighted by molar-refractivity contribution is -0.385. The van der Waals surface area contributed by atoms with E-state index in [1.807, 2.05) is 24.8 Å². The molecular formula is C23H27ClN4O4. The average molecular weight is 459 g/mol. The number of amides is 2. The predicted octanol–water partition coefficient (Wildman–Crippen LogP) is 4.50. The van der Waals surface area contributed by atoms with Gasteiger partial charge in [0.05, 0.1) is 15.6 Å². The van der Waals surface area contributed by atoms with Crippen LogP contribution in [-0.4, -0.2) is 47.8 Å². The van der Waals surface area contributed by atoms with E-state index >= 15 is 0 Å². The summed E-state index contributed by atoms with van der Waals surface area (Å²) < 4.78 is 0. The Morgan fingerprint density at radius 3 is 2.44 bits per heavy atom. The Labute approximate surface area is 192 Å². The van der Waals surface area contributed by atoms with Crippen LogP contribution in [0.2, 0.25) is 5.02 Å². The number of carbonyl (C=O) groups excluding carboxylic acids is 2. The van der Waals surface area contributed by atoms with Crippen molar-refractivity contribution in [1.82, 2.24) is 4.90 Å². The van der Waals surface area contributed by atoms with Gasteiger partial charge in [0.15, 0.2) is 0 Å². The Bertz CT molecular complexity index is 1030. The van der Waals surface area contributed by atoms with Crippen molar-refractivity contribution >= 4 is 40.5 Å². The van der Waals surface area contributed by atoms with Gasteiger partial charge in [-0.2, -0.15) is 0 Å². The van der Waals surface area contributed by atoms with Gasteiger partial charge in [0.25, 0.3) is 11.6 Å². The first kappa shape index (κ1) is 23.5. The molecule has 0 saturated carbocycles. The summed E-state index contributed by atoms with van der Waals surface area (Å²) in [5, 5.41) is 14.4. The van der Waals surface area contributed by atoms with Crippen LogP contribution in [0.1, 0.15) is 36.2 Å². The second-order valence-corrected chi connectivity index (χ2v) is 8.70. The van der Waals surface area contributed by atoms with Gasteiger partial charge in [-0.1, -0.05) is 31.5 Å². The fourth-order valence-electron chi connectivity index (χ4n) is 3.78. The van der Waals surface area contributed by atoms with Gasteiger partial charge in [0.1, 0.15) is 0 Å². The SMILES string of the molecule is Cc1c(C(=O)Nc2ccc(N3CCN(C(=O)CC(C)C)CC3)c(Cl)c2)cccc1[N+](=O)[O-]. The van der Waals surface area contributed by atoms with Crippen LogP contribution in [-0.2, 0) is 4.79 Å². The maximum absolute atomic E-state index is 12.7. The Kier molecular flexibility index (Phi) is 7.35. The average Bonchev–Trinajstić information content (AvgIpc) is 2.73. The molecule has 2 amide bonds. The molecule has 1 heterocycles. The largest absolute Gasteiger partial charge is 0.367 e.